The molecule has 0 saturated heterocycles. The van der Waals surface area contributed by atoms with Gasteiger partial charge in [-0.3, -0.25) is 24.0 Å². The number of aryl methyl sites for hydroxylation is 2. The van der Waals surface area contributed by atoms with Gasteiger partial charge in [0, 0.05) is 34.8 Å². The minimum absolute atomic E-state index is 0.113. The van der Waals surface area contributed by atoms with Gasteiger partial charge in [0.2, 0.25) is 0 Å². The molecule has 33 heavy (non-hydrogen) atoms. The summed E-state index contributed by atoms with van der Waals surface area (Å²) >= 11 is 0. The zero-order chi connectivity index (χ0) is 23.1. The number of amides is 2. The third kappa shape index (κ3) is 3.57. The van der Waals surface area contributed by atoms with Gasteiger partial charge >= 0.3 is 0 Å². The Bertz CT molecular complexity index is 1410. The lowest BCUT2D eigenvalue weighted by Gasteiger charge is -2.28. The third-order valence-corrected chi connectivity index (χ3v) is 5.83. The highest BCUT2D eigenvalue weighted by Crippen LogP contribution is 2.32. The summed E-state index contributed by atoms with van der Waals surface area (Å²) in [7, 11) is 0. The van der Waals surface area contributed by atoms with Gasteiger partial charge in [0.1, 0.15) is 5.76 Å². The Morgan fingerprint density at radius 3 is 2.39 bits per heavy atom. The maximum absolute atomic E-state index is 13.6. The molecule has 2 amide bonds. The number of nitrogens with zero attached hydrogens (tertiary/aromatic N) is 4. The molecule has 0 spiro atoms. The molecular weight excluding hydrogens is 416 g/mol. The van der Waals surface area contributed by atoms with Crippen LogP contribution < -0.4 is 0 Å². The van der Waals surface area contributed by atoms with Crippen LogP contribution in [0.2, 0.25) is 0 Å². The van der Waals surface area contributed by atoms with E-state index in [1.165, 1.54) is 4.90 Å². The summed E-state index contributed by atoms with van der Waals surface area (Å²) in [6, 6.07) is 16.5. The van der Waals surface area contributed by atoms with E-state index in [9.17, 15) is 9.59 Å². The predicted octanol–water partition coefficient (Wildman–Crippen LogP) is 4.51. The Labute approximate surface area is 191 Å². The quantitative estimate of drug-likeness (QED) is 0.346. The molecule has 3 aromatic heterocycles. The summed E-state index contributed by atoms with van der Waals surface area (Å²) in [5.74, 6) is 0.750. The Morgan fingerprint density at radius 1 is 0.939 bits per heavy atom. The van der Waals surface area contributed by atoms with E-state index in [0.717, 1.165) is 22.7 Å². The third-order valence-electron chi connectivity index (χ3n) is 5.83. The van der Waals surface area contributed by atoms with Crippen molar-refractivity contribution in [2.75, 3.05) is 0 Å². The molecule has 0 atom stereocenters. The van der Waals surface area contributed by atoms with Crippen molar-refractivity contribution >= 4 is 23.5 Å². The minimum atomic E-state index is -0.341. The summed E-state index contributed by atoms with van der Waals surface area (Å²) in [4.78, 5) is 32.3. The van der Waals surface area contributed by atoms with Crippen molar-refractivity contribution in [1.29, 1.82) is 0 Å². The average molecular weight is 438 g/mol. The molecule has 0 fully saturated rings. The topological polar surface area (TPSA) is 81.2 Å². The molecule has 1 aliphatic rings. The minimum Gasteiger partial charge on any atom is -0.360 e. The lowest BCUT2D eigenvalue weighted by molar-refractivity contribution is -0.123. The lowest BCUT2D eigenvalue weighted by atomic mass is 9.92. The largest absolute Gasteiger partial charge is 0.360 e. The van der Waals surface area contributed by atoms with Crippen molar-refractivity contribution in [3.8, 4) is 5.82 Å². The van der Waals surface area contributed by atoms with Crippen LogP contribution >= 0.6 is 0 Å². The van der Waals surface area contributed by atoms with E-state index in [0.29, 0.717) is 28.2 Å². The van der Waals surface area contributed by atoms with Crippen LogP contribution in [0.1, 0.15) is 44.3 Å². The molecule has 1 aromatic carbocycles. The second-order valence-electron chi connectivity index (χ2n) is 8.08. The maximum Gasteiger partial charge on any atom is 0.261 e. The van der Waals surface area contributed by atoms with Crippen LogP contribution in [0.4, 0.5) is 0 Å². The summed E-state index contributed by atoms with van der Waals surface area (Å²) in [5.41, 5.74) is 5.01. The molecule has 164 valence electrons. The fourth-order valence-electron chi connectivity index (χ4n) is 4.24. The summed E-state index contributed by atoms with van der Waals surface area (Å²) < 4.78 is 7.23. The maximum atomic E-state index is 13.6. The molecule has 5 rings (SSSR count). The van der Waals surface area contributed by atoms with Crippen LogP contribution in [0.3, 0.4) is 0 Å². The summed E-state index contributed by atoms with van der Waals surface area (Å²) in [6.45, 7) is 5.91. The van der Waals surface area contributed by atoms with E-state index in [1.807, 2.05) is 67.8 Å². The van der Waals surface area contributed by atoms with Crippen LogP contribution in [0, 0.1) is 20.8 Å². The van der Waals surface area contributed by atoms with Gasteiger partial charge in [0.15, 0.2) is 5.82 Å². The van der Waals surface area contributed by atoms with Crippen LogP contribution in [0.5, 0.6) is 0 Å². The van der Waals surface area contributed by atoms with Crippen LogP contribution in [-0.2, 0) is 11.3 Å². The first-order valence-electron chi connectivity index (χ1n) is 10.6. The second-order valence-corrected chi connectivity index (χ2v) is 8.08. The van der Waals surface area contributed by atoms with E-state index < -0.39 is 0 Å². The number of carbonyl (C=O) groups is 2. The van der Waals surface area contributed by atoms with Crippen LogP contribution in [-0.4, -0.2) is 31.4 Å². The van der Waals surface area contributed by atoms with E-state index in [4.69, 9.17) is 4.52 Å². The van der Waals surface area contributed by atoms with Gasteiger partial charge in [-0.2, -0.15) is 0 Å². The van der Waals surface area contributed by atoms with Gasteiger partial charge in [-0.15, -0.1) is 0 Å². The van der Waals surface area contributed by atoms with Crippen molar-refractivity contribution in [2.24, 2.45) is 0 Å². The molecule has 7 heteroatoms. The smallest absolute Gasteiger partial charge is 0.261 e. The number of imide groups is 1. The van der Waals surface area contributed by atoms with Gasteiger partial charge in [-0.1, -0.05) is 29.4 Å². The van der Waals surface area contributed by atoms with Gasteiger partial charge in [-0.25, -0.2) is 0 Å². The number of hydrogen-bond acceptors (Lipinski definition) is 5. The molecule has 0 radical (unpaired) electrons. The van der Waals surface area contributed by atoms with Crippen molar-refractivity contribution < 1.29 is 14.1 Å². The highest BCUT2D eigenvalue weighted by atomic mass is 16.5. The highest BCUT2D eigenvalue weighted by Gasteiger charge is 2.35. The first-order valence-corrected chi connectivity index (χ1v) is 10.6. The van der Waals surface area contributed by atoms with E-state index in [-0.39, 0.29) is 18.4 Å². The molecule has 0 bridgehead atoms. The molecule has 4 aromatic rings. The second kappa shape index (κ2) is 8.02. The summed E-state index contributed by atoms with van der Waals surface area (Å²) in [5, 5.41) is 4.13. The van der Waals surface area contributed by atoms with Gasteiger partial charge in [0.25, 0.3) is 11.8 Å². The highest BCUT2D eigenvalue weighted by molar-refractivity contribution is 6.33. The zero-order valence-electron chi connectivity index (χ0n) is 18.6. The molecule has 4 heterocycles. The Balaban J connectivity index is 1.62. The van der Waals surface area contributed by atoms with Crippen molar-refractivity contribution in [2.45, 2.75) is 27.3 Å². The molecule has 0 aliphatic carbocycles. The Morgan fingerprint density at radius 2 is 1.70 bits per heavy atom. The number of benzene rings is 1. The number of aromatic nitrogens is 3. The molecular formula is C26H22N4O3. The van der Waals surface area contributed by atoms with Crippen LogP contribution in [0.25, 0.3) is 17.5 Å². The number of rotatable bonds is 4. The average Bonchev–Trinajstić information content (AvgIpc) is 3.36. The fourth-order valence-corrected chi connectivity index (χ4v) is 4.24. The monoisotopic (exact) mass is 438 g/mol. The first-order chi connectivity index (χ1) is 15.9. The standard InChI is InChI=1S/C26H22N4O3/c1-16-12-19(18(3)30(16)24-13-17(2)33-28-24)14-23-21-9-4-5-10-22(21)25(31)29(26(23)32)15-20-8-6-7-11-27-20/h4-14H,15H2,1-3H3/b23-14+. The molecule has 7 nitrogen and oxygen atoms in total. The van der Waals surface area contributed by atoms with Gasteiger partial charge in [-0.05, 0) is 62.2 Å². The number of pyridine rings is 1. The van der Waals surface area contributed by atoms with Crippen molar-refractivity contribution in [3.63, 3.8) is 0 Å². The molecule has 0 unspecified atom stereocenters. The Hall–Kier alpha value is -4.26. The lowest BCUT2D eigenvalue weighted by Crippen LogP contribution is -2.41. The SMILES string of the molecule is Cc1cc(-n2c(C)cc(/C=C3/C(=O)N(Cc4ccccn4)C(=O)c4ccccc43)c2C)no1. The molecule has 0 saturated carbocycles. The van der Waals surface area contributed by atoms with E-state index in [1.54, 1.807) is 24.4 Å². The predicted molar refractivity (Wildman–Crippen MR) is 123 cm³/mol. The normalized spacial score (nSPS) is 14.8. The molecule has 0 N–H and O–H groups in total. The number of carbonyl (C=O) groups excluding carboxylic acids is 2. The Kier molecular flexibility index (Phi) is 5.01. The van der Waals surface area contributed by atoms with E-state index >= 15 is 0 Å². The summed E-state index contributed by atoms with van der Waals surface area (Å²) in [6.07, 6.45) is 3.50. The van der Waals surface area contributed by atoms with Gasteiger partial charge < -0.3 is 4.52 Å². The van der Waals surface area contributed by atoms with E-state index in [2.05, 4.69) is 10.1 Å². The number of hydrogen-bond donors (Lipinski definition) is 0. The first kappa shape index (κ1) is 20.6. The van der Waals surface area contributed by atoms with Crippen molar-refractivity contribution in [1.82, 2.24) is 19.6 Å². The molecule has 1 aliphatic heterocycles. The van der Waals surface area contributed by atoms with Gasteiger partial charge in [0.05, 0.1) is 12.2 Å². The number of fused-ring (bicyclic) bond motifs is 1. The van der Waals surface area contributed by atoms with Crippen molar-refractivity contribution in [3.05, 3.63) is 100 Å². The zero-order valence-corrected chi connectivity index (χ0v) is 18.6. The fraction of sp³-hybridized carbons (Fsp3) is 0.154. The van der Waals surface area contributed by atoms with Crippen LogP contribution in [0.15, 0.2) is 65.3 Å².